The number of aliphatic hydroxyl groups is 1. The molecule has 0 saturated carbocycles. The lowest BCUT2D eigenvalue weighted by Gasteiger charge is -2.34. The third kappa shape index (κ3) is 2.73. The van der Waals surface area contributed by atoms with Gasteiger partial charge in [0.2, 0.25) is 5.95 Å². The van der Waals surface area contributed by atoms with Gasteiger partial charge < -0.3 is 14.9 Å². The van der Waals surface area contributed by atoms with Crippen molar-refractivity contribution in [2.75, 3.05) is 37.6 Å². The van der Waals surface area contributed by atoms with Crippen LogP contribution in [0.4, 0.5) is 5.95 Å². The Balaban J connectivity index is 2.06. The van der Waals surface area contributed by atoms with Crippen molar-refractivity contribution >= 4 is 5.95 Å². The normalized spacial score (nSPS) is 17.5. The first kappa shape index (κ1) is 12.3. The standard InChI is InChI=1S/C12H20N4O/c1-3-15-4-6-16(7-5-15)12-13-8-11(9-17)10(2)14-12/h8,17H,3-7,9H2,1-2H3. The van der Waals surface area contributed by atoms with Gasteiger partial charge in [0.25, 0.3) is 0 Å². The van der Waals surface area contributed by atoms with Gasteiger partial charge in [0, 0.05) is 43.6 Å². The van der Waals surface area contributed by atoms with Crippen LogP contribution in [0.2, 0.25) is 0 Å². The third-order valence-electron chi connectivity index (χ3n) is 3.34. The Morgan fingerprint density at radius 2 is 2.00 bits per heavy atom. The Morgan fingerprint density at radius 3 is 2.53 bits per heavy atom. The lowest BCUT2D eigenvalue weighted by molar-refractivity contribution is 0.269. The molecular weight excluding hydrogens is 216 g/mol. The summed E-state index contributed by atoms with van der Waals surface area (Å²) in [4.78, 5) is 13.4. The van der Waals surface area contributed by atoms with Crippen molar-refractivity contribution in [1.29, 1.82) is 0 Å². The zero-order chi connectivity index (χ0) is 12.3. The summed E-state index contributed by atoms with van der Waals surface area (Å²) in [5.74, 6) is 0.787. The molecule has 0 spiro atoms. The van der Waals surface area contributed by atoms with E-state index in [0.717, 1.165) is 49.9 Å². The highest BCUT2D eigenvalue weighted by molar-refractivity contribution is 5.33. The predicted molar refractivity (Wildman–Crippen MR) is 67.0 cm³/mol. The first-order valence-electron chi connectivity index (χ1n) is 6.15. The summed E-state index contributed by atoms with van der Waals surface area (Å²) in [6.07, 6.45) is 1.73. The van der Waals surface area contributed by atoms with Gasteiger partial charge in [0.15, 0.2) is 0 Å². The molecule has 2 rings (SSSR count). The maximum absolute atomic E-state index is 9.09. The molecule has 94 valence electrons. The van der Waals surface area contributed by atoms with Crippen LogP contribution in [0.15, 0.2) is 6.20 Å². The van der Waals surface area contributed by atoms with Crippen molar-refractivity contribution in [3.05, 3.63) is 17.5 Å². The molecule has 1 aliphatic rings. The van der Waals surface area contributed by atoms with Crippen LogP contribution in [0.1, 0.15) is 18.2 Å². The zero-order valence-electron chi connectivity index (χ0n) is 10.6. The number of aryl methyl sites for hydroxylation is 1. The number of nitrogens with zero attached hydrogens (tertiary/aromatic N) is 4. The molecule has 0 aliphatic carbocycles. The minimum absolute atomic E-state index is 0.00965. The Bertz CT molecular complexity index is 375. The van der Waals surface area contributed by atoms with Crippen molar-refractivity contribution in [2.24, 2.45) is 0 Å². The maximum atomic E-state index is 9.09. The summed E-state index contributed by atoms with van der Waals surface area (Å²) in [5.41, 5.74) is 1.68. The summed E-state index contributed by atoms with van der Waals surface area (Å²) in [6, 6.07) is 0. The van der Waals surface area contributed by atoms with E-state index in [0.29, 0.717) is 0 Å². The Morgan fingerprint density at radius 1 is 1.29 bits per heavy atom. The van der Waals surface area contributed by atoms with E-state index >= 15 is 0 Å². The van der Waals surface area contributed by atoms with Crippen LogP contribution >= 0.6 is 0 Å². The average molecular weight is 236 g/mol. The first-order chi connectivity index (χ1) is 8.24. The highest BCUT2D eigenvalue weighted by atomic mass is 16.3. The first-order valence-corrected chi connectivity index (χ1v) is 6.15. The fourth-order valence-corrected chi connectivity index (χ4v) is 2.05. The molecule has 0 atom stereocenters. The van der Waals surface area contributed by atoms with Crippen molar-refractivity contribution in [1.82, 2.24) is 14.9 Å². The fraction of sp³-hybridized carbons (Fsp3) is 0.667. The van der Waals surface area contributed by atoms with Crippen LogP contribution in [-0.2, 0) is 6.61 Å². The van der Waals surface area contributed by atoms with Gasteiger partial charge in [0.05, 0.1) is 6.61 Å². The topological polar surface area (TPSA) is 52.5 Å². The van der Waals surface area contributed by atoms with E-state index in [2.05, 4.69) is 26.7 Å². The van der Waals surface area contributed by atoms with Crippen LogP contribution in [0.3, 0.4) is 0 Å². The smallest absolute Gasteiger partial charge is 0.225 e. The molecule has 5 heteroatoms. The number of anilines is 1. The molecule has 0 amide bonds. The highest BCUT2D eigenvalue weighted by Crippen LogP contribution is 2.13. The van der Waals surface area contributed by atoms with E-state index in [1.807, 2.05) is 6.92 Å². The van der Waals surface area contributed by atoms with Crippen LogP contribution in [0.5, 0.6) is 0 Å². The van der Waals surface area contributed by atoms with E-state index in [9.17, 15) is 0 Å². The van der Waals surface area contributed by atoms with Crippen LogP contribution in [0.25, 0.3) is 0 Å². The molecule has 2 heterocycles. The number of rotatable bonds is 3. The second-order valence-electron chi connectivity index (χ2n) is 4.36. The lowest BCUT2D eigenvalue weighted by Crippen LogP contribution is -2.46. The highest BCUT2D eigenvalue weighted by Gasteiger charge is 2.18. The number of hydrogen-bond donors (Lipinski definition) is 1. The molecule has 1 aromatic heterocycles. The van der Waals surface area contributed by atoms with E-state index < -0.39 is 0 Å². The van der Waals surface area contributed by atoms with Crippen LogP contribution in [0, 0.1) is 6.92 Å². The van der Waals surface area contributed by atoms with Gasteiger partial charge in [-0.3, -0.25) is 0 Å². The molecule has 5 nitrogen and oxygen atoms in total. The van der Waals surface area contributed by atoms with Crippen LogP contribution in [-0.4, -0.2) is 52.7 Å². The second-order valence-corrected chi connectivity index (χ2v) is 4.36. The number of likely N-dealkylation sites (N-methyl/N-ethyl adjacent to an activating group) is 1. The molecule has 1 aliphatic heterocycles. The average Bonchev–Trinajstić information content (AvgIpc) is 2.39. The molecular formula is C12H20N4O. The van der Waals surface area contributed by atoms with Gasteiger partial charge >= 0.3 is 0 Å². The Hall–Kier alpha value is -1.20. The fourth-order valence-electron chi connectivity index (χ4n) is 2.05. The molecule has 0 bridgehead atoms. The summed E-state index contributed by atoms with van der Waals surface area (Å²) >= 11 is 0. The SMILES string of the molecule is CCN1CCN(c2ncc(CO)c(C)n2)CC1. The molecule has 1 aromatic rings. The maximum Gasteiger partial charge on any atom is 0.225 e. The lowest BCUT2D eigenvalue weighted by atomic mass is 10.2. The van der Waals surface area contributed by atoms with Gasteiger partial charge in [-0.05, 0) is 13.5 Å². The second kappa shape index (κ2) is 5.42. The van der Waals surface area contributed by atoms with E-state index in [1.165, 1.54) is 0 Å². The van der Waals surface area contributed by atoms with Gasteiger partial charge in [-0.15, -0.1) is 0 Å². The quantitative estimate of drug-likeness (QED) is 0.824. The van der Waals surface area contributed by atoms with E-state index in [1.54, 1.807) is 6.20 Å². The largest absolute Gasteiger partial charge is 0.392 e. The molecule has 1 fully saturated rings. The van der Waals surface area contributed by atoms with Crippen molar-refractivity contribution in [3.63, 3.8) is 0 Å². The molecule has 0 unspecified atom stereocenters. The number of aliphatic hydroxyl groups excluding tert-OH is 1. The Labute approximate surface area is 102 Å². The minimum Gasteiger partial charge on any atom is -0.392 e. The molecule has 0 radical (unpaired) electrons. The van der Waals surface area contributed by atoms with Gasteiger partial charge in [0.1, 0.15) is 0 Å². The summed E-state index contributed by atoms with van der Waals surface area (Å²) in [6.45, 7) is 9.32. The summed E-state index contributed by atoms with van der Waals surface area (Å²) in [5, 5.41) is 9.09. The number of aromatic nitrogens is 2. The molecule has 1 saturated heterocycles. The van der Waals surface area contributed by atoms with Crippen molar-refractivity contribution in [3.8, 4) is 0 Å². The van der Waals surface area contributed by atoms with Crippen molar-refractivity contribution in [2.45, 2.75) is 20.5 Å². The minimum atomic E-state index is 0.00965. The number of hydrogen-bond acceptors (Lipinski definition) is 5. The van der Waals surface area contributed by atoms with E-state index in [4.69, 9.17) is 5.11 Å². The molecule has 17 heavy (non-hydrogen) atoms. The van der Waals surface area contributed by atoms with Gasteiger partial charge in [-0.1, -0.05) is 6.92 Å². The monoisotopic (exact) mass is 236 g/mol. The zero-order valence-corrected chi connectivity index (χ0v) is 10.6. The van der Waals surface area contributed by atoms with Crippen LogP contribution < -0.4 is 4.90 Å². The summed E-state index contributed by atoms with van der Waals surface area (Å²) < 4.78 is 0. The van der Waals surface area contributed by atoms with Gasteiger partial charge in [-0.2, -0.15) is 0 Å². The van der Waals surface area contributed by atoms with Crippen molar-refractivity contribution < 1.29 is 5.11 Å². The summed E-state index contributed by atoms with van der Waals surface area (Å²) in [7, 11) is 0. The molecule has 0 aromatic carbocycles. The number of piperazine rings is 1. The van der Waals surface area contributed by atoms with E-state index in [-0.39, 0.29) is 6.61 Å². The predicted octanol–water partition coefficient (Wildman–Crippen LogP) is 0.419. The van der Waals surface area contributed by atoms with Gasteiger partial charge in [-0.25, -0.2) is 9.97 Å². The third-order valence-corrected chi connectivity index (χ3v) is 3.34. The molecule has 1 N–H and O–H groups in total. The Kier molecular flexibility index (Phi) is 3.91.